The zero-order valence-corrected chi connectivity index (χ0v) is 13.0. The fourth-order valence-electron chi connectivity index (χ4n) is 2.09. The lowest BCUT2D eigenvalue weighted by molar-refractivity contribution is 0.551. The van der Waals surface area contributed by atoms with Gasteiger partial charge in [-0.25, -0.2) is 4.68 Å². The molecule has 1 N–H and O–H groups in total. The van der Waals surface area contributed by atoms with Gasteiger partial charge in [-0.2, -0.15) is 0 Å². The number of aromatic nitrogens is 3. The lowest BCUT2D eigenvalue weighted by atomic mass is 10.0. The molecule has 0 fully saturated rings. The minimum atomic E-state index is 0.131. The van der Waals surface area contributed by atoms with E-state index in [2.05, 4.69) is 70.3 Å². The van der Waals surface area contributed by atoms with E-state index in [1.165, 1.54) is 14.7 Å². The fraction of sp³-hybridized carbons (Fsp3) is 0.385. The Labute approximate surface area is 121 Å². The molecule has 2 aromatic rings. The first-order chi connectivity index (χ1) is 8.69. The molecule has 96 valence electrons. The second kappa shape index (κ2) is 5.79. The van der Waals surface area contributed by atoms with Crippen molar-refractivity contribution in [1.29, 1.82) is 0 Å². The monoisotopic (exact) mass is 356 g/mol. The predicted molar refractivity (Wildman–Crippen MR) is 80.5 cm³/mol. The van der Waals surface area contributed by atoms with Crippen LogP contribution in [-0.4, -0.2) is 22.0 Å². The van der Waals surface area contributed by atoms with Gasteiger partial charge >= 0.3 is 0 Å². The summed E-state index contributed by atoms with van der Waals surface area (Å²) in [7, 11) is 1.97. The lowest BCUT2D eigenvalue weighted by Crippen LogP contribution is -2.22. The number of rotatable bonds is 4. The molecule has 1 aromatic carbocycles. The maximum Gasteiger partial charge on any atom is 0.0802 e. The third kappa shape index (κ3) is 2.42. The summed E-state index contributed by atoms with van der Waals surface area (Å²) in [5.74, 6) is 0. The van der Waals surface area contributed by atoms with Crippen molar-refractivity contribution in [3.05, 3.63) is 44.8 Å². The van der Waals surface area contributed by atoms with E-state index >= 15 is 0 Å². The van der Waals surface area contributed by atoms with E-state index in [1.54, 1.807) is 0 Å². The van der Waals surface area contributed by atoms with Crippen LogP contribution in [0.4, 0.5) is 0 Å². The van der Waals surface area contributed by atoms with Crippen molar-refractivity contribution in [2.45, 2.75) is 26.4 Å². The molecule has 18 heavy (non-hydrogen) atoms. The van der Waals surface area contributed by atoms with Crippen LogP contribution in [0.25, 0.3) is 0 Å². The molecule has 0 saturated heterocycles. The molecule has 0 aliphatic rings. The van der Waals surface area contributed by atoms with E-state index in [9.17, 15) is 0 Å². The second-order valence-corrected chi connectivity index (χ2v) is 5.25. The van der Waals surface area contributed by atoms with Crippen molar-refractivity contribution in [3.63, 3.8) is 0 Å². The van der Waals surface area contributed by atoms with E-state index in [-0.39, 0.29) is 6.04 Å². The molecule has 1 unspecified atom stereocenters. The van der Waals surface area contributed by atoms with Gasteiger partial charge in [-0.1, -0.05) is 23.4 Å². The predicted octanol–water partition coefficient (Wildman–Crippen LogP) is 2.52. The molecule has 0 aliphatic heterocycles. The molecular formula is C13H17IN4. The quantitative estimate of drug-likeness (QED) is 0.857. The normalized spacial score (nSPS) is 12.7. The molecule has 0 radical (unpaired) electrons. The van der Waals surface area contributed by atoms with E-state index in [0.29, 0.717) is 0 Å². The van der Waals surface area contributed by atoms with Gasteiger partial charge in [-0.15, -0.1) is 5.10 Å². The summed E-state index contributed by atoms with van der Waals surface area (Å²) in [5, 5.41) is 11.5. The third-order valence-corrected chi connectivity index (χ3v) is 4.54. The minimum absolute atomic E-state index is 0.131. The summed E-state index contributed by atoms with van der Waals surface area (Å²) in [5.41, 5.74) is 3.67. The molecule has 0 spiro atoms. The Morgan fingerprint density at radius 3 is 2.89 bits per heavy atom. The van der Waals surface area contributed by atoms with Crippen LogP contribution >= 0.6 is 22.6 Å². The number of halogens is 1. The van der Waals surface area contributed by atoms with Crippen LogP contribution in [0.2, 0.25) is 0 Å². The van der Waals surface area contributed by atoms with Gasteiger partial charge in [0.05, 0.1) is 17.9 Å². The Morgan fingerprint density at radius 1 is 1.44 bits per heavy atom. The smallest absolute Gasteiger partial charge is 0.0802 e. The average Bonchev–Trinajstić information content (AvgIpc) is 2.83. The van der Waals surface area contributed by atoms with Gasteiger partial charge in [0.25, 0.3) is 0 Å². The topological polar surface area (TPSA) is 42.7 Å². The molecule has 0 saturated carbocycles. The summed E-state index contributed by atoms with van der Waals surface area (Å²) < 4.78 is 3.22. The summed E-state index contributed by atoms with van der Waals surface area (Å²) in [6.45, 7) is 5.04. The highest BCUT2D eigenvalue weighted by molar-refractivity contribution is 14.1. The van der Waals surface area contributed by atoms with Crippen LogP contribution in [0.1, 0.15) is 29.8 Å². The van der Waals surface area contributed by atoms with Crippen molar-refractivity contribution >= 4 is 22.6 Å². The molecule has 1 aromatic heterocycles. The van der Waals surface area contributed by atoms with Crippen LogP contribution < -0.4 is 5.32 Å². The highest BCUT2D eigenvalue weighted by Gasteiger charge is 2.19. The maximum absolute atomic E-state index is 4.11. The van der Waals surface area contributed by atoms with Gasteiger partial charge < -0.3 is 5.32 Å². The zero-order chi connectivity index (χ0) is 13.1. The maximum atomic E-state index is 4.11. The molecule has 2 rings (SSSR count). The molecular weight excluding hydrogens is 339 g/mol. The molecule has 0 bridgehead atoms. The first kappa shape index (κ1) is 13.5. The average molecular weight is 356 g/mol. The second-order valence-electron chi connectivity index (χ2n) is 4.17. The van der Waals surface area contributed by atoms with Gasteiger partial charge in [-0.3, -0.25) is 0 Å². The largest absolute Gasteiger partial charge is 0.308 e. The first-order valence-electron chi connectivity index (χ1n) is 5.99. The van der Waals surface area contributed by atoms with Crippen molar-refractivity contribution in [2.75, 3.05) is 7.05 Å². The molecule has 0 amide bonds. The number of hydrogen-bond acceptors (Lipinski definition) is 3. The Hall–Kier alpha value is -0.950. The van der Waals surface area contributed by atoms with Gasteiger partial charge in [-0.05, 0) is 54.6 Å². The lowest BCUT2D eigenvalue weighted by Gasteiger charge is -2.19. The van der Waals surface area contributed by atoms with Crippen molar-refractivity contribution in [3.8, 4) is 0 Å². The Kier molecular flexibility index (Phi) is 4.34. The molecule has 1 heterocycles. The molecule has 5 heteroatoms. The van der Waals surface area contributed by atoms with Gasteiger partial charge in [0, 0.05) is 10.1 Å². The summed E-state index contributed by atoms with van der Waals surface area (Å²) in [6, 6.07) is 6.51. The third-order valence-electron chi connectivity index (χ3n) is 3.06. The highest BCUT2D eigenvalue weighted by Crippen LogP contribution is 2.27. The highest BCUT2D eigenvalue weighted by atomic mass is 127. The summed E-state index contributed by atoms with van der Waals surface area (Å²) >= 11 is 2.40. The number of aryl methyl sites for hydroxylation is 2. The number of nitrogens with one attached hydrogen (secondary N) is 1. The number of hydrogen-bond donors (Lipinski definition) is 1. The van der Waals surface area contributed by atoms with Crippen LogP contribution in [-0.2, 0) is 6.54 Å². The minimum Gasteiger partial charge on any atom is -0.308 e. The molecule has 0 aliphatic carbocycles. The van der Waals surface area contributed by atoms with Gasteiger partial charge in [0.2, 0.25) is 0 Å². The first-order valence-corrected chi connectivity index (χ1v) is 7.07. The zero-order valence-electron chi connectivity index (χ0n) is 10.8. The summed E-state index contributed by atoms with van der Waals surface area (Å²) in [6.07, 6.45) is 1.84. The Morgan fingerprint density at radius 2 is 2.22 bits per heavy atom. The van der Waals surface area contributed by atoms with Crippen LogP contribution in [0, 0.1) is 10.5 Å². The number of benzene rings is 1. The summed E-state index contributed by atoms with van der Waals surface area (Å²) in [4.78, 5) is 0. The van der Waals surface area contributed by atoms with E-state index < -0.39 is 0 Å². The molecule has 4 nitrogen and oxygen atoms in total. The van der Waals surface area contributed by atoms with Crippen molar-refractivity contribution in [2.24, 2.45) is 0 Å². The SMILES string of the molecule is CCn1nncc1C(NC)c1cccc(C)c1I. The number of nitrogens with zero attached hydrogens (tertiary/aromatic N) is 3. The van der Waals surface area contributed by atoms with E-state index in [4.69, 9.17) is 0 Å². The van der Waals surface area contributed by atoms with Crippen LogP contribution in [0.3, 0.4) is 0 Å². The van der Waals surface area contributed by atoms with Crippen LogP contribution in [0.5, 0.6) is 0 Å². The van der Waals surface area contributed by atoms with Crippen molar-refractivity contribution in [1.82, 2.24) is 20.3 Å². The van der Waals surface area contributed by atoms with Crippen LogP contribution in [0.15, 0.2) is 24.4 Å². The standard InChI is InChI=1S/C13H17IN4/c1-4-18-11(8-16-17-18)13(15-3)10-7-5-6-9(2)12(10)14/h5-8,13,15H,4H2,1-3H3. The molecule has 1 atom stereocenters. The Balaban J connectivity index is 2.49. The van der Waals surface area contributed by atoms with E-state index in [0.717, 1.165) is 12.2 Å². The Bertz CT molecular complexity index is 536. The van der Waals surface area contributed by atoms with Gasteiger partial charge in [0.1, 0.15) is 0 Å². The van der Waals surface area contributed by atoms with Gasteiger partial charge in [0.15, 0.2) is 0 Å². The van der Waals surface area contributed by atoms with Crippen molar-refractivity contribution < 1.29 is 0 Å². The fourth-order valence-corrected chi connectivity index (χ4v) is 2.76. The van der Waals surface area contributed by atoms with E-state index in [1.807, 2.05) is 17.9 Å².